The third-order valence-electron chi connectivity index (χ3n) is 6.95. The molecule has 0 unspecified atom stereocenters. The molecule has 0 aromatic heterocycles. The lowest BCUT2D eigenvalue weighted by molar-refractivity contribution is 0.238. The number of rotatable bonds is 10. The lowest BCUT2D eigenvalue weighted by Gasteiger charge is -2.18. The van der Waals surface area contributed by atoms with Crippen molar-refractivity contribution >= 4 is 5.57 Å². The van der Waals surface area contributed by atoms with E-state index in [1.807, 2.05) is 0 Å². The van der Waals surface area contributed by atoms with Gasteiger partial charge in [-0.25, -0.2) is 0 Å². The number of nitrogens with zero attached hydrogens (tertiary/aromatic N) is 1. The van der Waals surface area contributed by atoms with Gasteiger partial charge in [-0.15, -0.1) is 0 Å². The molecule has 0 saturated carbocycles. The van der Waals surface area contributed by atoms with Gasteiger partial charge in [-0.05, 0) is 78.7 Å². The van der Waals surface area contributed by atoms with E-state index < -0.39 is 0 Å². The van der Waals surface area contributed by atoms with Crippen molar-refractivity contribution < 1.29 is 4.74 Å². The van der Waals surface area contributed by atoms with Gasteiger partial charge in [0.05, 0.1) is 0 Å². The van der Waals surface area contributed by atoms with Gasteiger partial charge in [-0.1, -0.05) is 109 Å². The van der Waals surface area contributed by atoms with E-state index in [0.717, 1.165) is 31.7 Å². The van der Waals surface area contributed by atoms with Crippen LogP contribution >= 0.6 is 0 Å². The van der Waals surface area contributed by atoms with Crippen molar-refractivity contribution in [2.75, 3.05) is 26.2 Å². The van der Waals surface area contributed by atoms with E-state index in [4.69, 9.17) is 4.74 Å². The van der Waals surface area contributed by atoms with Gasteiger partial charge in [0.15, 0.2) is 0 Å². The first-order valence-electron chi connectivity index (χ1n) is 13.2. The maximum Gasteiger partial charge on any atom is 0.119 e. The molecule has 1 aliphatic heterocycles. The van der Waals surface area contributed by atoms with E-state index in [2.05, 4.69) is 120 Å². The minimum absolute atomic E-state index is 0.744. The molecule has 0 N–H and O–H groups in total. The zero-order valence-electron chi connectivity index (χ0n) is 21.0. The summed E-state index contributed by atoms with van der Waals surface area (Å²) < 4.78 is 6.10. The fraction of sp³-hybridized carbons (Fsp3) is 0.235. The van der Waals surface area contributed by atoms with Gasteiger partial charge < -0.3 is 4.74 Å². The van der Waals surface area contributed by atoms with Crippen molar-refractivity contribution in [2.24, 2.45) is 0 Å². The normalized spacial score (nSPS) is 13.4. The van der Waals surface area contributed by atoms with Crippen LogP contribution in [0.2, 0.25) is 0 Å². The Bertz CT molecular complexity index is 1180. The second kappa shape index (κ2) is 12.4. The van der Waals surface area contributed by atoms with Crippen LogP contribution in [0.15, 0.2) is 121 Å². The standard InChI is InChI=1S/C34H35NO/c1-4-12-28(13-5-1)26-32(27-29-14-6-2-7-15-29)34(30-16-8-3-9-17-30)31-18-20-33(21-19-31)36-25-24-35-22-10-11-23-35/h1-9,12-21H,10-11,22-27H2. The Morgan fingerprint density at radius 3 is 1.64 bits per heavy atom. The molecule has 182 valence electrons. The largest absolute Gasteiger partial charge is 0.492 e. The molecule has 1 aliphatic rings. The third kappa shape index (κ3) is 6.53. The van der Waals surface area contributed by atoms with Crippen LogP contribution in [0.25, 0.3) is 5.57 Å². The van der Waals surface area contributed by atoms with Crippen LogP contribution < -0.4 is 4.74 Å². The number of allylic oxidation sites excluding steroid dienone is 1. The van der Waals surface area contributed by atoms with Crippen LogP contribution in [0.5, 0.6) is 5.75 Å². The summed E-state index contributed by atoms with van der Waals surface area (Å²) >= 11 is 0. The van der Waals surface area contributed by atoms with Crippen molar-refractivity contribution in [3.63, 3.8) is 0 Å². The molecule has 5 rings (SSSR count). The molecule has 2 nitrogen and oxygen atoms in total. The third-order valence-corrected chi connectivity index (χ3v) is 6.95. The molecule has 1 saturated heterocycles. The summed E-state index contributed by atoms with van der Waals surface area (Å²) in [6, 6.07) is 41.1. The van der Waals surface area contributed by atoms with Crippen molar-refractivity contribution in [1.29, 1.82) is 0 Å². The smallest absolute Gasteiger partial charge is 0.119 e. The molecule has 0 spiro atoms. The van der Waals surface area contributed by atoms with Gasteiger partial charge in [-0.3, -0.25) is 4.90 Å². The summed E-state index contributed by atoms with van der Waals surface area (Å²) in [5.74, 6) is 0.943. The topological polar surface area (TPSA) is 12.5 Å². The van der Waals surface area contributed by atoms with Crippen molar-refractivity contribution in [3.8, 4) is 5.75 Å². The molecule has 0 aliphatic carbocycles. The molecule has 4 aromatic carbocycles. The van der Waals surface area contributed by atoms with E-state index in [0.29, 0.717) is 0 Å². The van der Waals surface area contributed by atoms with Gasteiger partial charge in [0.1, 0.15) is 12.4 Å². The van der Waals surface area contributed by atoms with E-state index >= 15 is 0 Å². The Morgan fingerprint density at radius 2 is 1.08 bits per heavy atom. The zero-order chi connectivity index (χ0) is 24.4. The molecule has 0 amide bonds. The molecular formula is C34H35NO. The summed E-state index contributed by atoms with van der Waals surface area (Å²) in [7, 11) is 0. The molecule has 36 heavy (non-hydrogen) atoms. The summed E-state index contributed by atoms with van der Waals surface area (Å²) in [6.07, 6.45) is 4.46. The summed E-state index contributed by atoms with van der Waals surface area (Å²) in [6.45, 7) is 4.17. The molecule has 4 aromatic rings. The Hall–Kier alpha value is -3.62. The van der Waals surface area contributed by atoms with Crippen molar-refractivity contribution in [1.82, 2.24) is 4.90 Å². The van der Waals surface area contributed by atoms with Crippen LogP contribution in [-0.2, 0) is 12.8 Å². The summed E-state index contributed by atoms with van der Waals surface area (Å²) in [5.41, 5.74) is 7.88. The second-order valence-electron chi connectivity index (χ2n) is 9.59. The summed E-state index contributed by atoms with van der Waals surface area (Å²) in [4.78, 5) is 2.49. The van der Waals surface area contributed by atoms with Gasteiger partial charge >= 0.3 is 0 Å². The van der Waals surface area contributed by atoms with Crippen LogP contribution in [0, 0.1) is 0 Å². The molecular weight excluding hydrogens is 438 g/mol. The van der Waals surface area contributed by atoms with E-state index in [9.17, 15) is 0 Å². The Balaban J connectivity index is 1.47. The fourth-order valence-corrected chi connectivity index (χ4v) is 5.12. The lowest BCUT2D eigenvalue weighted by atomic mass is 9.87. The molecule has 2 heteroatoms. The molecule has 0 radical (unpaired) electrons. The molecule has 1 heterocycles. The van der Waals surface area contributed by atoms with Gasteiger partial charge in [0.25, 0.3) is 0 Å². The van der Waals surface area contributed by atoms with Gasteiger partial charge in [0, 0.05) is 6.54 Å². The number of hydrogen-bond acceptors (Lipinski definition) is 2. The Kier molecular flexibility index (Phi) is 8.28. The van der Waals surface area contributed by atoms with Gasteiger partial charge in [-0.2, -0.15) is 0 Å². The van der Waals surface area contributed by atoms with Crippen LogP contribution in [0.4, 0.5) is 0 Å². The SMILES string of the molecule is c1ccc(CC(Cc2ccccc2)=C(c2ccccc2)c2ccc(OCCN3CCCC3)cc2)cc1. The van der Waals surface area contributed by atoms with Crippen molar-refractivity contribution in [3.05, 3.63) is 143 Å². The van der Waals surface area contributed by atoms with Gasteiger partial charge in [0.2, 0.25) is 0 Å². The highest BCUT2D eigenvalue weighted by Crippen LogP contribution is 2.32. The van der Waals surface area contributed by atoms with E-state index in [-0.39, 0.29) is 0 Å². The summed E-state index contributed by atoms with van der Waals surface area (Å²) in [5, 5.41) is 0. The monoisotopic (exact) mass is 473 g/mol. The Labute approximate surface area is 215 Å². The minimum atomic E-state index is 0.744. The number of ether oxygens (including phenoxy) is 1. The predicted molar refractivity (Wildman–Crippen MR) is 150 cm³/mol. The lowest BCUT2D eigenvalue weighted by Crippen LogP contribution is -2.25. The zero-order valence-corrected chi connectivity index (χ0v) is 21.0. The minimum Gasteiger partial charge on any atom is -0.492 e. The Morgan fingerprint density at radius 1 is 0.583 bits per heavy atom. The van der Waals surface area contributed by atoms with Crippen molar-refractivity contribution in [2.45, 2.75) is 25.7 Å². The highest BCUT2D eigenvalue weighted by Gasteiger charge is 2.15. The number of likely N-dealkylation sites (tertiary alicyclic amines) is 1. The molecule has 0 atom stereocenters. The first-order valence-corrected chi connectivity index (χ1v) is 13.2. The second-order valence-corrected chi connectivity index (χ2v) is 9.59. The first kappa shape index (κ1) is 24.1. The van der Waals surface area contributed by atoms with Crippen LogP contribution in [0.1, 0.15) is 35.1 Å². The maximum absolute atomic E-state index is 6.10. The predicted octanol–water partition coefficient (Wildman–Crippen LogP) is 7.45. The van der Waals surface area contributed by atoms with E-state index in [1.54, 1.807) is 0 Å². The highest BCUT2D eigenvalue weighted by molar-refractivity contribution is 5.83. The average molecular weight is 474 g/mol. The number of benzene rings is 4. The van der Waals surface area contributed by atoms with Crippen LogP contribution in [-0.4, -0.2) is 31.1 Å². The average Bonchev–Trinajstić information content (AvgIpc) is 3.45. The van der Waals surface area contributed by atoms with E-state index in [1.165, 1.54) is 59.3 Å². The number of hydrogen-bond donors (Lipinski definition) is 0. The molecule has 0 bridgehead atoms. The maximum atomic E-state index is 6.10. The fourth-order valence-electron chi connectivity index (χ4n) is 5.12. The highest BCUT2D eigenvalue weighted by atomic mass is 16.5. The van der Waals surface area contributed by atoms with Crippen LogP contribution in [0.3, 0.4) is 0 Å². The first-order chi connectivity index (χ1) is 17.8. The quantitative estimate of drug-likeness (QED) is 0.237. The molecule has 1 fully saturated rings.